The van der Waals surface area contributed by atoms with Crippen LogP contribution in [-0.4, -0.2) is 38.9 Å². The molecular formula is C10H13FN2O6S. The summed E-state index contributed by atoms with van der Waals surface area (Å²) in [6, 6.07) is 3.00. The summed E-state index contributed by atoms with van der Waals surface area (Å²) in [5.41, 5.74) is -0.376. The molecule has 0 amide bonds. The Kier molecular flexibility index (Phi) is 5.80. The van der Waals surface area contributed by atoms with Gasteiger partial charge in [-0.15, -0.1) is 0 Å². The standard InChI is InChI=1S/C10H13FN2O6S/c11-9-7-8(13(14)15)1-2-10(9)19-4-3-18-5-6-20(12,16)17/h1-2,7H,3-6H2,(H2,12,16,17). The van der Waals surface area contributed by atoms with Crippen molar-refractivity contribution >= 4 is 15.7 Å². The minimum Gasteiger partial charge on any atom is -0.488 e. The number of halogens is 1. The molecule has 0 aliphatic rings. The number of hydrogen-bond donors (Lipinski definition) is 1. The third-order valence-electron chi connectivity index (χ3n) is 2.12. The van der Waals surface area contributed by atoms with E-state index in [9.17, 15) is 22.9 Å². The molecule has 0 heterocycles. The number of nitro benzene ring substituents is 1. The molecule has 1 aromatic carbocycles. The second-order valence-corrected chi connectivity index (χ2v) is 5.43. The predicted octanol–water partition coefficient (Wildman–Crippen LogP) is 0.418. The number of hydrogen-bond acceptors (Lipinski definition) is 6. The monoisotopic (exact) mass is 308 g/mol. The van der Waals surface area contributed by atoms with Crippen molar-refractivity contribution in [2.75, 3.05) is 25.6 Å². The Balaban J connectivity index is 2.34. The number of sulfonamides is 1. The van der Waals surface area contributed by atoms with Crippen LogP contribution in [0.1, 0.15) is 0 Å². The summed E-state index contributed by atoms with van der Waals surface area (Å²) >= 11 is 0. The highest BCUT2D eigenvalue weighted by Gasteiger charge is 2.11. The van der Waals surface area contributed by atoms with E-state index in [0.717, 1.165) is 18.2 Å². The average molecular weight is 308 g/mol. The van der Waals surface area contributed by atoms with Gasteiger partial charge in [-0.3, -0.25) is 10.1 Å². The van der Waals surface area contributed by atoms with Crippen molar-refractivity contribution in [3.8, 4) is 5.75 Å². The first-order chi connectivity index (χ1) is 9.29. The predicted molar refractivity (Wildman–Crippen MR) is 67.3 cm³/mol. The van der Waals surface area contributed by atoms with Crippen molar-refractivity contribution in [1.29, 1.82) is 0 Å². The highest BCUT2D eigenvalue weighted by Crippen LogP contribution is 2.22. The van der Waals surface area contributed by atoms with Crippen LogP contribution in [0.25, 0.3) is 0 Å². The molecular weight excluding hydrogens is 295 g/mol. The zero-order chi connectivity index (χ0) is 15.2. The minimum atomic E-state index is -3.57. The summed E-state index contributed by atoms with van der Waals surface area (Å²) in [5, 5.41) is 15.2. The Morgan fingerprint density at radius 2 is 2.00 bits per heavy atom. The highest BCUT2D eigenvalue weighted by molar-refractivity contribution is 7.89. The molecule has 112 valence electrons. The van der Waals surface area contributed by atoms with Gasteiger partial charge in [0.15, 0.2) is 11.6 Å². The Labute approximate surface area is 114 Å². The number of non-ortho nitro benzene ring substituents is 1. The molecule has 0 fully saturated rings. The molecule has 0 bridgehead atoms. The van der Waals surface area contributed by atoms with E-state index in [2.05, 4.69) is 0 Å². The van der Waals surface area contributed by atoms with Gasteiger partial charge in [0.2, 0.25) is 10.0 Å². The van der Waals surface area contributed by atoms with E-state index in [1.807, 2.05) is 0 Å². The molecule has 1 rings (SSSR count). The van der Waals surface area contributed by atoms with E-state index >= 15 is 0 Å². The van der Waals surface area contributed by atoms with Gasteiger partial charge in [-0.05, 0) is 6.07 Å². The number of rotatable bonds is 8. The Morgan fingerprint density at radius 3 is 2.55 bits per heavy atom. The largest absolute Gasteiger partial charge is 0.488 e. The van der Waals surface area contributed by atoms with Crippen LogP contribution < -0.4 is 9.88 Å². The SMILES string of the molecule is NS(=O)(=O)CCOCCOc1ccc([N+](=O)[O-])cc1F. The molecule has 0 spiro atoms. The zero-order valence-electron chi connectivity index (χ0n) is 10.3. The Hall–Kier alpha value is -1.78. The van der Waals surface area contributed by atoms with Crippen molar-refractivity contribution in [3.63, 3.8) is 0 Å². The zero-order valence-corrected chi connectivity index (χ0v) is 11.1. The number of primary sulfonamides is 1. The average Bonchev–Trinajstić information content (AvgIpc) is 2.33. The van der Waals surface area contributed by atoms with E-state index in [0.29, 0.717) is 0 Å². The third-order valence-corrected chi connectivity index (χ3v) is 2.86. The molecule has 0 aliphatic carbocycles. The summed E-state index contributed by atoms with van der Waals surface area (Å²) in [6.45, 7) is -0.0871. The third kappa shape index (κ3) is 5.91. The molecule has 8 nitrogen and oxygen atoms in total. The van der Waals surface area contributed by atoms with Crippen molar-refractivity contribution in [1.82, 2.24) is 0 Å². The summed E-state index contributed by atoms with van der Waals surface area (Å²) < 4.78 is 44.5. The van der Waals surface area contributed by atoms with Gasteiger partial charge in [-0.25, -0.2) is 17.9 Å². The summed E-state index contributed by atoms with van der Waals surface area (Å²) in [4.78, 5) is 9.68. The van der Waals surface area contributed by atoms with E-state index in [1.165, 1.54) is 0 Å². The fourth-order valence-electron chi connectivity index (χ4n) is 1.21. The lowest BCUT2D eigenvalue weighted by atomic mass is 10.3. The van der Waals surface area contributed by atoms with Crippen LogP contribution in [0.3, 0.4) is 0 Å². The minimum absolute atomic E-state index is 0.0284. The van der Waals surface area contributed by atoms with Crippen LogP contribution in [0, 0.1) is 15.9 Å². The second kappa shape index (κ2) is 7.12. The van der Waals surface area contributed by atoms with Gasteiger partial charge < -0.3 is 9.47 Å². The molecule has 0 aromatic heterocycles. The lowest BCUT2D eigenvalue weighted by molar-refractivity contribution is -0.385. The maximum atomic E-state index is 13.4. The van der Waals surface area contributed by atoms with Gasteiger partial charge in [0.25, 0.3) is 5.69 Å². The van der Waals surface area contributed by atoms with Crippen LogP contribution in [0.4, 0.5) is 10.1 Å². The van der Waals surface area contributed by atoms with Gasteiger partial charge in [-0.2, -0.15) is 0 Å². The van der Waals surface area contributed by atoms with E-state index in [4.69, 9.17) is 14.6 Å². The first-order valence-corrected chi connectivity index (χ1v) is 7.16. The topological polar surface area (TPSA) is 122 Å². The summed E-state index contributed by atoms with van der Waals surface area (Å²) in [6.07, 6.45) is 0. The number of ether oxygens (including phenoxy) is 2. The first kappa shape index (κ1) is 16.3. The number of benzene rings is 1. The van der Waals surface area contributed by atoms with Crippen molar-refractivity contribution < 1.29 is 27.2 Å². The van der Waals surface area contributed by atoms with Crippen LogP contribution in [0.15, 0.2) is 18.2 Å². The quantitative estimate of drug-likeness (QED) is 0.422. The summed E-state index contributed by atoms with van der Waals surface area (Å²) in [7, 11) is -3.57. The summed E-state index contributed by atoms with van der Waals surface area (Å²) in [5.74, 6) is -1.33. The van der Waals surface area contributed by atoms with Gasteiger partial charge in [0, 0.05) is 6.07 Å². The van der Waals surface area contributed by atoms with E-state index in [-0.39, 0.29) is 37.0 Å². The van der Waals surface area contributed by atoms with Crippen LogP contribution in [0.5, 0.6) is 5.75 Å². The lowest BCUT2D eigenvalue weighted by Gasteiger charge is -2.07. The van der Waals surface area contributed by atoms with Gasteiger partial charge in [-0.1, -0.05) is 0 Å². The Bertz CT molecular complexity index is 577. The molecule has 0 unspecified atom stereocenters. The Morgan fingerprint density at radius 1 is 1.30 bits per heavy atom. The first-order valence-electron chi connectivity index (χ1n) is 5.44. The molecule has 20 heavy (non-hydrogen) atoms. The second-order valence-electron chi connectivity index (χ2n) is 3.70. The molecule has 0 aliphatic heterocycles. The molecule has 2 N–H and O–H groups in total. The van der Waals surface area contributed by atoms with Crippen LogP contribution >= 0.6 is 0 Å². The van der Waals surface area contributed by atoms with Crippen molar-refractivity contribution in [2.45, 2.75) is 0 Å². The molecule has 0 saturated heterocycles. The van der Waals surface area contributed by atoms with Crippen LogP contribution in [-0.2, 0) is 14.8 Å². The normalized spacial score (nSPS) is 11.3. The smallest absolute Gasteiger partial charge is 0.272 e. The van der Waals surface area contributed by atoms with Crippen molar-refractivity contribution in [3.05, 3.63) is 34.1 Å². The van der Waals surface area contributed by atoms with Crippen LogP contribution in [0.2, 0.25) is 0 Å². The number of nitro groups is 1. The van der Waals surface area contributed by atoms with Gasteiger partial charge in [0.05, 0.1) is 30.0 Å². The van der Waals surface area contributed by atoms with Gasteiger partial charge in [0.1, 0.15) is 6.61 Å². The maximum Gasteiger partial charge on any atom is 0.272 e. The number of nitrogens with zero attached hydrogens (tertiary/aromatic N) is 1. The van der Waals surface area contributed by atoms with E-state index in [1.54, 1.807) is 0 Å². The highest BCUT2D eigenvalue weighted by atomic mass is 32.2. The molecule has 0 saturated carbocycles. The fourth-order valence-corrected chi connectivity index (χ4v) is 1.56. The maximum absolute atomic E-state index is 13.4. The molecule has 0 atom stereocenters. The van der Waals surface area contributed by atoms with Crippen molar-refractivity contribution in [2.24, 2.45) is 5.14 Å². The molecule has 1 aromatic rings. The number of nitrogens with two attached hydrogens (primary N) is 1. The van der Waals surface area contributed by atoms with Gasteiger partial charge >= 0.3 is 0 Å². The lowest BCUT2D eigenvalue weighted by Crippen LogP contribution is -2.21. The fraction of sp³-hybridized carbons (Fsp3) is 0.400. The van der Waals surface area contributed by atoms with E-state index < -0.39 is 20.8 Å². The molecule has 0 radical (unpaired) electrons. The molecule has 10 heteroatoms.